The lowest BCUT2D eigenvalue weighted by molar-refractivity contribution is 0.452. The van der Waals surface area contributed by atoms with Gasteiger partial charge >= 0.3 is 0 Å². The van der Waals surface area contributed by atoms with Gasteiger partial charge in [-0.1, -0.05) is 13.8 Å². The van der Waals surface area contributed by atoms with Crippen LogP contribution >= 0.6 is 0 Å². The quantitative estimate of drug-likeness (QED) is 0.807. The fourth-order valence-corrected chi connectivity index (χ4v) is 3.57. The molecule has 2 rings (SSSR count). The minimum absolute atomic E-state index is 0.288. The van der Waals surface area contributed by atoms with Crippen LogP contribution in [0.5, 0.6) is 0 Å². The summed E-state index contributed by atoms with van der Waals surface area (Å²) >= 11 is 0. The zero-order valence-corrected chi connectivity index (χ0v) is 10.6. The number of nitrogens with zero attached hydrogens (tertiary/aromatic N) is 2. The molecule has 2 unspecified atom stereocenters. The fraction of sp³-hybridized carbons (Fsp3) is 0.545. The maximum Gasteiger partial charge on any atom is 0.263 e. The minimum Gasteiger partial charge on any atom is -0.241 e. The molecule has 0 aromatic carbocycles. The van der Waals surface area contributed by atoms with Gasteiger partial charge in [0.1, 0.15) is 0 Å². The van der Waals surface area contributed by atoms with Crippen LogP contribution in [0.15, 0.2) is 23.4 Å². The molecule has 0 spiro atoms. The second-order valence-electron chi connectivity index (χ2n) is 4.57. The average Bonchev–Trinajstić information content (AvgIpc) is 2.60. The predicted molar refractivity (Wildman–Crippen MR) is 61.3 cm³/mol. The Morgan fingerprint density at radius 3 is 2.47 bits per heavy atom. The average molecular weight is 258 g/mol. The molecule has 6 heteroatoms. The van der Waals surface area contributed by atoms with Gasteiger partial charge in [-0.15, -0.1) is 0 Å². The Morgan fingerprint density at radius 2 is 1.94 bits per heavy atom. The van der Waals surface area contributed by atoms with E-state index in [0.29, 0.717) is 13.1 Å². The summed E-state index contributed by atoms with van der Waals surface area (Å²) in [6.07, 6.45) is 1.29. The molecular weight excluding hydrogens is 243 g/mol. The van der Waals surface area contributed by atoms with E-state index in [1.54, 1.807) is 0 Å². The van der Waals surface area contributed by atoms with Gasteiger partial charge in [-0.05, 0) is 24.0 Å². The second kappa shape index (κ2) is 4.34. The van der Waals surface area contributed by atoms with Crippen molar-refractivity contribution < 1.29 is 12.8 Å². The Balaban J connectivity index is 2.36. The maximum atomic E-state index is 13.5. The molecule has 2 heterocycles. The molecule has 0 radical (unpaired) electrons. The normalized spacial score (nSPS) is 26.3. The summed E-state index contributed by atoms with van der Waals surface area (Å²) in [7, 11) is -3.79. The summed E-state index contributed by atoms with van der Waals surface area (Å²) in [5.41, 5.74) is 0. The Bertz CT molecular complexity index is 508. The number of halogens is 1. The highest BCUT2D eigenvalue weighted by molar-refractivity contribution is 7.89. The third kappa shape index (κ3) is 2.19. The van der Waals surface area contributed by atoms with Gasteiger partial charge in [0.2, 0.25) is 5.03 Å². The lowest BCUT2D eigenvalue weighted by atomic mass is 10.0. The number of pyridine rings is 1. The summed E-state index contributed by atoms with van der Waals surface area (Å²) < 4.78 is 39.1. The van der Waals surface area contributed by atoms with Crippen molar-refractivity contribution in [3.8, 4) is 0 Å². The third-order valence-electron chi connectivity index (χ3n) is 3.26. The topological polar surface area (TPSA) is 50.3 Å². The molecule has 0 saturated carbocycles. The lowest BCUT2D eigenvalue weighted by Crippen LogP contribution is -2.30. The first kappa shape index (κ1) is 12.4. The Kier molecular flexibility index (Phi) is 3.18. The first-order chi connectivity index (χ1) is 7.93. The molecule has 17 heavy (non-hydrogen) atoms. The number of rotatable bonds is 2. The van der Waals surface area contributed by atoms with Gasteiger partial charge in [0.15, 0.2) is 5.82 Å². The summed E-state index contributed by atoms with van der Waals surface area (Å²) in [4.78, 5) is 3.64. The van der Waals surface area contributed by atoms with Crippen LogP contribution in [0.1, 0.15) is 13.8 Å². The zero-order chi connectivity index (χ0) is 12.6. The summed E-state index contributed by atoms with van der Waals surface area (Å²) in [6.45, 7) is 4.85. The molecule has 1 aromatic heterocycles. The van der Waals surface area contributed by atoms with Crippen LogP contribution in [0.4, 0.5) is 4.39 Å². The van der Waals surface area contributed by atoms with Crippen molar-refractivity contribution in [2.75, 3.05) is 13.1 Å². The van der Waals surface area contributed by atoms with Gasteiger partial charge in [0, 0.05) is 19.3 Å². The first-order valence-electron chi connectivity index (χ1n) is 5.53. The highest BCUT2D eigenvalue weighted by Crippen LogP contribution is 2.27. The van der Waals surface area contributed by atoms with Crippen molar-refractivity contribution in [3.05, 3.63) is 24.1 Å². The van der Waals surface area contributed by atoms with E-state index in [4.69, 9.17) is 0 Å². The largest absolute Gasteiger partial charge is 0.263 e. The molecule has 1 aliphatic rings. The molecule has 1 aliphatic heterocycles. The van der Waals surface area contributed by atoms with Crippen molar-refractivity contribution >= 4 is 10.0 Å². The summed E-state index contributed by atoms with van der Waals surface area (Å²) in [5, 5.41) is -0.471. The summed E-state index contributed by atoms with van der Waals surface area (Å²) in [5.74, 6) is -0.215. The first-order valence-corrected chi connectivity index (χ1v) is 6.97. The van der Waals surface area contributed by atoms with Crippen molar-refractivity contribution in [2.24, 2.45) is 11.8 Å². The maximum absolute atomic E-state index is 13.5. The van der Waals surface area contributed by atoms with E-state index in [-0.39, 0.29) is 11.8 Å². The molecule has 1 fully saturated rings. The second-order valence-corrected chi connectivity index (χ2v) is 6.42. The highest BCUT2D eigenvalue weighted by atomic mass is 32.2. The van der Waals surface area contributed by atoms with E-state index in [1.165, 1.54) is 16.6 Å². The molecule has 1 aromatic rings. The Hall–Kier alpha value is -1.01. The van der Waals surface area contributed by atoms with Crippen LogP contribution in [0.2, 0.25) is 0 Å². The van der Waals surface area contributed by atoms with Gasteiger partial charge in [-0.2, -0.15) is 4.31 Å². The van der Waals surface area contributed by atoms with Gasteiger partial charge in [-0.3, -0.25) is 0 Å². The number of hydrogen-bond acceptors (Lipinski definition) is 3. The highest BCUT2D eigenvalue weighted by Gasteiger charge is 2.36. The van der Waals surface area contributed by atoms with Crippen molar-refractivity contribution in [3.63, 3.8) is 0 Å². The molecule has 0 amide bonds. The van der Waals surface area contributed by atoms with Crippen LogP contribution in [0.25, 0.3) is 0 Å². The van der Waals surface area contributed by atoms with E-state index in [0.717, 1.165) is 6.07 Å². The van der Waals surface area contributed by atoms with Gasteiger partial charge in [-0.25, -0.2) is 17.8 Å². The van der Waals surface area contributed by atoms with E-state index >= 15 is 0 Å². The van der Waals surface area contributed by atoms with Gasteiger partial charge < -0.3 is 0 Å². The van der Waals surface area contributed by atoms with Crippen molar-refractivity contribution in [1.82, 2.24) is 9.29 Å². The lowest BCUT2D eigenvalue weighted by Gasteiger charge is -2.15. The van der Waals surface area contributed by atoms with E-state index < -0.39 is 20.9 Å². The smallest absolute Gasteiger partial charge is 0.241 e. The minimum atomic E-state index is -3.79. The number of sulfonamides is 1. The monoisotopic (exact) mass is 258 g/mol. The van der Waals surface area contributed by atoms with Crippen LogP contribution < -0.4 is 0 Å². The van der Waals surface area contributed by atoms with Crippen LogP contribution in [0.3, 0.4) is 0 Å². The molecule has 0 aliphatic carbocycles. The molecule has 2 atom stereocenters. The van der Waals surface area contributed by atoms with Crippen LogP contribution in [-0.2, 0) is 10.0 Å². The van der Waals surface area contributed by atoms with Crippen LogP contribution in [0, 0.1) is 17.7 Å². The third-order valence-corrected chi connectivity index (χ3v) is 5.03. The van der Waals surface area contributed by atoms with Crippen LogP contribution in [-0.4, -0.2) is 30.8 Å². The van der Waals surface area contributed by atoms with Gasteiger partial charge in [0.25, 0.3) is 10.0 Å². The Morgan fingerprint density at radius 1 is 1.35 bits per heavy atom. The SMILES string of the molecule is CC1CN(S(=O)(=O)c2ncccc2F)CC1C. The van der Waals surface area contributed by atoms with E-state index in [2.05, 4.69) is 4.98 Å². The van der Waals surface area contributed by atoms with Crippen molar-refractivity contribution in [2.45, 2.75) is 18.9 Å². The molecule has 0 bridgehead atoms. The Labute approximate surface area is 101 Å². The number of hydrogen-bond donors (Lipinski definition) is 0. The van der Waals surface area contributed by atoms with E-state index in [1.807, 2.05) is 13.8 Å². The summed E-state index contributed by atoms with van der Waals surface area (Å²) in [6, 6.07) is 2.49. The zero-order valence-electron chi connectivity index (χ0n) is 9.80. The molecule has 1 saturated heterocycles. The standard InChI is InChI=1S/C11H15FN2O2S/c1-8-6-14(7-9(8)2)17(15,16)11-10(12)4-3-5-13-11/h3-5,8-9H,6-7H2,1-2H3. The molecule has 4 nitrogen and oxygen atoms in total. The predicted octanol–water partition coefficient (Wildman–Crippen LogP) is 1.50. The van der Waals surface area contributed by atoms with Gasteiger partial charge in [0.05, 0.1) is 0 Å². The molecular formula is C11H15FN2O2S. The molecule has 94 valence electrons. The molecule has 0 N–H and O–H groups in total. The van der Waals surface area contributed by atoms with Crippen molar-refractivity contribution in [1.29, 1.82) is 0 Å². The fourth-order valence-electron chi connectivity index (χ4n) is 1.96. The van der Waals surface area contributed by atoms with E-state index in [9.17, 15) is 12.8 Å². The number of aromatic nitrogens is 1.